The van der Waals surface area contributed by atoms with Crippen molar-refractivity contribution in [2.75, 3.05) is 16.8 Å². The van der Waals surface area contributed by atoms with Gasteiger partial charge in [0, 0.05) is 42.1 Å². The van der Waals surface area contributed by atoms with E-state index in [0.717, 1.165) is 17.8 Å². The Kier molecular flexibility index (Phi) is 6.57. The predicted octanol–water partition coefficient (Wildman–Crippen LogP) is 4.71. The molecule has 36 heavy (non-hydrogen) atoms. The lowest BCUT2D eigenvalue weighted by Crippen LogP contribution is -2.43. The molecule has 1 amide bonds. The van der Waals surface area contributed by atoms with E-state index in [1.54, 1.807) is 40.2 Å². The number of piperidine rings is 1. The van der Waals surface area contributed by atoms with Gasteiger partial charge in [-0.2, -0.15) is 10.4 Å². The van der Waals surface area contributed by atoms with E-state index < -0.39 is 0 Å². The van der Waals surface area contributed by atoms with E-state index in [9.17, 15) is 4.79 Å². The lowest BCUT2D eigenvalue weighted by molar-refractivity contribution is -0.119. The molecule has 11 heteroatoms. The standard InChI is InChI=1S/C25H20Cl2N8O/c26-20-9-15(11-28)1-6-22(20)35-14-16(12-31-35)24-21(27)13-30-25(33-24)32-18-2-4-19(5-3-18)34-8-7-17(29)10-23(34)36/h1-6,9,12-14,17H,7-8,10,29H2,(H,30,32,33)/t17-/m0/s1. The Morgan fingerprint density at radius 2 is 1.92 bits per heavy atom. The number of aromatic nitrogens is 4. The van der Waals surface area contributed by atoms with Gasteiger partial charge in [0.2, 0.25) is 11.9 Å². The second-order valence-electron chi connectivity index (χ2n) is 8.31. The Labute approximate surface area is 217 Å². The molecular formula is C25H20Cl2N8O. The minimum Gasteiger partial charge on any atom is -0.327 e. The zero-order valence-electron chi connectivity index (χ0n) is 18.9. The van der Waals surface area contributed by atoms with Crippen LogP contribution < -0.4 is 16.0 Å². The van der Waals surface area contributed by atoms with Crippen molar-refractivity contribution in [3.63, 3.8) is 0 Å². The molecule has 1 aliphatic heterocycles. The molecule has 9 nitrogen and oxygen atoms in total. The second kappa shape index (κ2) is 9.95. The van der Waals surface area contributed by atoms with Crippen LogP contribution in [0, 0.1) is 11.3 Å². The van der Waals surface area contributed by atoms with Gasteiger partial charge >= 0.3 is 0 Å². The number of hydrogen-bond donors (Lipinski definition) is 2. The highest BCUT2D eigenvalue weighted by molar-refractivity contribution is 6.33. The van der Waals surface area contributed by atoms with Gasteiger partial charge in [0.15, 0.2) is 0 Å². The molecule has 4 aromatic rings. The summed E-state index contributed by atoms with van der Waals surface area (Å²) in [6, 6.07) is 14.4. The van der Waals surface area contributed by atoms with Gasteiger partial charge in [-0.25, -0.2) is 14.6 Å². The molecule has 0 saturated carbocycles. The van der Waals surface area contributed by atoms with Crippen LogP contribution in [0.25, 0.3) is 16.9 Å². The largest absolute Gasteiger partial charge is 0.327 e. The van der Waals surface area contributed by atoms with Crippen LogP contribution in [0.2, 0.25) is 10.0 Å². The van der Waals surface area contributed by atoms with Crippen LogP contribution in [0.3, 0.4) is 0 Å². The number of nitrogens with one attached hydrogen (secondary N) is 1. The summed E-state index contributed by atoms with van der Waals surface area (Å²) in [6.07, 6.45) is 6.03. The Morgan fingerprint density at radius 3 is 2.64 bits per heavy atom. The molecule has 1 aliphatic rings. The summed E-state index contributed by atoms with van der Waals surface area (Å²) in [4.78, 5) is 22.9. The number of nitrogens with two attached hydrogens (primary N) is 1. The van der Waals surface area contributed by atoms with Crippen LogP contribution in [-0.4, -0.2) is 38.2 Å². The Bertz CT molecular complexity index is 1480. The quantitative estimate of drug-likeness (QED) is 0.391. The van der Waals surface area contributed by atoms with Crippen molar-refractivity contribution >= 4 is 46.4 Å². The van der Waals surface area contributed by atoms with Crippen molar-refractivity contribution in [1.29, 1.82) is 5.26 Å². The molecular weight excluding hydrogens is 499 g/mol. The van der Waals surface area contributed by atoms with E-state index in [4.69, 9.17) is 34.2 Å². The van der Waals surface area contributed by atoms with Crippen molar-refractivity contribution in [2.45, 2.75) is 18.9 Å². The number of halogens is 2. The summed E-state index contributed by atoms with van der Waals surface area (Å²) in [5.74, 6) is 0.384. The molecule has 0 radical (unpaired) electrons. The van der Waals surface area contributed by atoms with Gasteiger partial charge in [-0.15, -0.1) is 0 Å². The van der Waals surface area contributed by atoms with E-state index >= 15 is 0 Å². The number of rotatable bonds is 5. The molecule has 0 spiro atoms. The van der Waals surface area contributed by atoms with Gasteiger partial charge < -0.3 is 16.0 Å². The van der Waals surface area contributed by atoms with Gasteiger partial charge in [0.05, 0.1) is 45.5 Å². The smallest absolute Gasteiger partial charge is 0.228 e. The fourth-order valence-electron chi connectivity index (χ4n) is 3.95. The SMILES string of the molecule is N#Cc1ccc(-n2cc(-c3nc(Nc4ccc(N5CC[C@H](N)CC5=O)cc4)ncc3Cl)cn2)c(Cl)c1. The third kappa shape index (κ3) is 4.88. The molecule has 0 aliphatic carbocycles. The average molecular weight is 519 g/mol. The van der Waals surface area contributed by atoms with Crippen molar-refractivity contribution in [3.05, 3.63) is 76.7 Å². The number of anilines is 3. The molecule has 5 rings (SSSR count). The van der Waals surface area contributed by atoms with E-state index in [0.29, 0.717) is 51.5 Å². The Balaban J connectivity index is 1.35. The monoisotopic (exact) mass is 518 g/mol. The van der Waals surface area contributed by atoms with Crippen LogP contribution in [-0.2, 0) is 4.79 Å². The maximum atomic E-state index is 12.3. The number of nitrogens with zero attached hydrogens (tertiary/aromatic N) is 6. The van der Waals surface area contributed by atoms with E-state index in [2.05, 4.69) is 26.5 Å². The summed E-state index contributed by atoms with van der Waals surface area (Å²) in [5.41, 5.74) is 9.72. The van der Waals surface area contributed by atoms with Gasteiger partial charge in [-0.1, -0.05) is 23.2 Å². The molecule has 0 unspecified atom stereocenters. The zero-order chi connectivity index (χ0) is 25.2. The highest BCUT2D eigenvalue weighted by Crippen LogP contribution is 2.29. The zero-order valence-corrected chi connectivity index (χ0v) is 20.4. The van der Waals surface area contributed by atoms with E-state index in [-0.39, 0.29) is 11.9 Å². The summed E-state index contributed by atoms with van der Waals surface area (Å²) in [7, 11) is 0. The number of carbonyl (C=O) groups is 1. The summed E-state index contributed by atoms with van der Waals surface area (Å²) < 4.78 is 1.60. The van der Waals surface area contributed by atoms with Crippen molar-refractivity contribution in [3.8, 4) is 23.0 Å². The molecule has 180 valence electrons. The third-order valence-corrected chi connectivity index (χ3v) is 6.40. The normalized spacial score (nSPS) is 15.6. The van der Waals surface area contributed by atoms with Crippen molar-refractivity contribution < 1.29 is 4.79 Å². The molecule has 0 bridgehead atoms. The molecule has 3 heterocycles. The lowest BCUT2D eigenvalue weighted by Gasteiger charge is -2.30. The van der Waals surface area contributed by atoms with Crippen molar-refractivity contribution in [2.24, 2.45) is 5.73 Å². The summed E-state index contributed by atoms with van der Waals surface area (Å²) in [5, 5.41) is 17.3. The number of nitriles is 1. The maximum absolute atomic E-state index is 12.3. The van der Waals surface area contributed by atoms with Crippen LogP contribution in [0.1, 0.15) is 18.4 Å². The van der Waals surface area contributed by atoms with Gasteiger partial charge in [-0.05, 0) is 48.9 Å². The third-order valence-electron chi connectivity index (χ3n) is 5.82. The first kappa shape index (κ1) is 23.8. The molecule has 2 aromatic heterocycles. The first-order valence-corrected chi connectivity index (χ1v) is 11.9. The number of carbonyl (C=O) groups excluding carboxylic acids is 1. The topological polar surface area (TPSA) is 126 Å². The number of benzene rings is 2. The summed E-state index contributed by atoms with van der Waals surface area (Å²) >= 11 is 12.7. The molecule has 3 N–H and O–H groups in total. The highest BCUT2D eigenvalue weighted by atomic mass is 35.5. The predicted molar refractivity (Wildman–Crippen MR) is 139 cm³/mol. The molecule has 1 atom stereocenters. The molecule has 1 saturated heterocycles. The van der Waals surface area contributed by atoms with Crippen LogP contribution in [0.15, 0.2) is 61.1 Å². The van der Waals surface area contributed by atoms with Gasteiger partial charge in [-0.3, -0.25) is 4.79 Å². The Morgan fingerprint density at radius 1 is 1.11 bits per heavy atom. The minimum atomic E-state index is -0.0702. The fraction of sp³-hybridized carbons (Fsp3) is 0.160. The first-order valence-electron chi connectivity index (χ1n) is 11.1. The highest BCUT2D eigenvalue weighted by Gasteiger charge is 2.24. The first-order chi connectivity index (χ1) is 17.4. The van der Waals surface area contributed by atoms with Crippen LogP contribution in [0.4, 0.5) is 17.3 Å². The minimum absolute atomic E-state index is 0.0305. The molecule has 2 aromatic carbocycles. The van der Waals surface area contributed by atoms with Crippen LogP contribution in [0.5, 0.6) is 0 Å². The number of hydrogen-bond acceptors (Lipinski definition) is 7. The van der Waals surface area contributed by atoms with Gasteiger partial charge in [0.1, 0.15) is 0 Å². The second-order valence-corrected chi connectivity index (χ2v) is 9.13. The summed E-state index contributed by atoms with van der Waals surface area (Å²) in [6.45, 7) is 0.609. The maximum Gasteiger partial charge on any atom is 0.228 e. The Hall–Kier alpha value is -3.97. The van der Waals surface area contributed by atoms with E-state index in [1.807, 2.05) is 24.3 Å². The van der Waals surface area contributed by atoms with Crippen molar-refractivity contribution in [1.82, 2.24) is 19.7 Å². The lowest BCUT2D eigenvalue weighted by atomic mass is 10.0. The fourth-order valence-corrected chi connectivity index (χ4v) is 4.42. The number of amides is 1. The average Bonchev–Trinajstić information content (AvgIpc) is 3.35. The van der Waals surface area contributed by atoms with Crippen LogP contribution >= 0.6 is 23.2 Å². The van der Waals surface area contributed by atoms with E-state index in [1.165, 1.54) is 6.20 Å². The molecule has 1 fully saturated rings. The van der Waals surface area contributed by atoms with Gasteiger partial charge in [0.25, 0.3) is 0 Å².